The Morgan fingerprint density at radius 3 is 2.84 bits per heavy atom. The fraction of sp³-hybridized carbons (Fsp3) is 0.154. The summed E-state index contributed by atoms with van der Waals surface area (Å²) < 4.78 is 6.95. The first-order valence-electron chi connectivity index (χ1n) is 5.84. The summed E-state index contributed by atoms with van der Waals surface area (Å²) in [6.07, 6.45) is 1.83. The van der Waals surface area contributed by atoms with E-state index in [9.17, 15) is 0 Å². The summed E-state index contributed by atoms with van der Waals surface area (Å²) in [5.74, 6) is 0.860. The van der Waals surface area contributed by atoms with E-state index >= 15 is 0 Å². The average Bonchev–Trinajstić information content (AvgIpc) is 3.01. The summed E-state index contributed by atoms with van der Waals surface area (Å²) in [6, 6.07) is 7.53. The van der Waals surface area contributed by atoms with Crippen molar-refractivity contribution < 1.29 is 4.52 Å². The van der Waals surface area contributed by atoms with Crippen molar-refractivity contribution in [2.24, 2.45) is 7.05 Å². The lowest BCUT2D eigenvalue weighted by Crippen LogP contribution is -1.93. The second-order valence-corrected chi connectivity index (χ2v) is 4.33. The van der Waals surface area contributed by atoms with Gasteiger partial charge in [0, 0.05) is 18.9 Å². The molecular weight excluding hydrogens is 242 g/mol. The van der Waals surface area contributed by atoms with Crippen LogP contribution in [0.3, 0.4) is 0 Å². The smallest absolute Gasteiger partial charge is 0.260 e. The first-order valence-corrected chi connectivity index (χ1v) is 5.84. The Bertz CT molecular complexity index is 728. The number of anilines is 1. The first-order chi connectivity index (χ1) is 9.15. The predicted octanol–water partition coefficient (Wildman–Crippen LogP) is 2.03. The van der Waals surface area contributed by atoms with Crippen molar-refractivity contribution in [1.29, 1.82) is 0 Å². The van der Waals surface area contributed by atoms with Gasteiger partial charge in [-0.15, -0.1) is 0 Å². The maximum atomic E-state index is 6.02. The fourth-order valence-electron chi connectivity index (χ4n) is 1.84. The highest BCUT2D eigenvalue weighted by Gasteiger charge is 2.15. The van der Waals surface area contributed by atoms with Crippen molar-refractivity contribution in [3.8, 4) is 23.0 Å². The first kappa shape index (κ1) is 11.5. The molecule has 1 aromatic carbocycles. The lowest BCUT2D eigenvalue weighted by molar-refractivity contribution is 0.432. The van der Waals surface area contributed by atoms with Crippen LogP contribution in [0.25, 0.3) is 23.0 Å². The number of nitrogen functional groups attached to an aromatic ring is 1. The third-order valence-corrected chi connectivity index (χ3v) is 2.92. The Morgan fingerprint density at radius 2 is 2.11 bits per heavy atom. The molecule has 2 aromatic heterocycles. The molecule has 3 aromatic rings. The van der Waals surface area contributed by atoms with Gasteiger partial charge < -0.3 is 10.3 Å². The van der Waals surface area contributed by atoms with Gasteiger partial charge in [0.2, 0.25) is 5.82 Å². The van der Waals surface area contributed by atoms with Gasteiger partial charge in [0.1, 0.15) is 5.69 Å². The van der Waals surface area contributed by atoms with Gasteiger partial charge >= 0.3 is 0 Å². The predicted molar refractivity (Wildman–Crippen MR) is 71.1 cm³/mol. The highest BCUT2D eigenvalue weighted by Crippen LogP contribution is 2.28. The van der Waals surface area contributed by atoms with Crippen LogP contribution in [0.5, 0.6) is 0 Å². The van der Waals surface area contributed by atoms with Gasteiger partial charge in [0.15, 0.2) is 0 Å². The Morgan fingerprint density at radius 1 is 1.26 bits per heavy atom. The number of hydrogen-bond acceptors (Lipinski definition) is 5. The van der Waals surface area contributed by atoms with Crippen molar-refractivity contribution in [3.05, 3.63) is 36.0 Å². The number of aryl methyl sites for hydroxylation is 2. The largest absolute Gasteiger partial charge is 0.398 e. The molecule has 0 bridgehead atoms. The van der Waals surface area contributed by atoms with Gasteiger partial charge in [0.25, 0.3) is 5.89 Å². The molecule has 0 aliphatic carbocycles. The number of para-hydroxylation sites is 1. The molecule has 6 heteroatoms. The van der Waals surface area contributed by atoms with Gasteiger partial charge in [0.05, 0.1) is 5.56 Å². The molecule has 0 saturated heterocycles. The molecule has 0 spiro atoms. The molecule has 0 unspecified atom stereocenters. The molecule has 0 amide bonds. The second-order valence-electron chi connectivity index (χ2n) is 4.33. The monoisotopic (exact) mass is 255 g/mol. The summed E-state index contributed by atoms with van der Waals surface area (Å²) >= 11 is 0. The van der Waals surface area contributed by atoms with Crippen molar-refractivity contribution in [3.63, 3.8) is 0 Å². The third kappa shape index (κ3) is 1.97. The van der Waals surface area contributed by atoms with Crippen molar-refractivity contribution in [2.75, 3.05) is 5.73 Å². The van der Waals surface area contributed by atoms with E-state index in [-0.39, 0.29) is 0 Å². The van der Waals surface area contributed by atoms with Gasteiger partial charge in [-0.2, -0.15) is 10.1 Å². The van der Waals surface area contributed by atoms with Gasteiger partial charge in [-0.3, -0.25) is 4.68 Å². The van der Waals surface area contributed by atoms with E-state index in [2.05, 4.69) is 15.2 Å². The van der Waals surface area contributed by atoms with Crippen molar-refractivity contribution in [1.82, 2.24) is 19.9 Å². The average molecular weight is 255 g/mol. The molecule has 0 radical (unpaired) electrons. The van der Waals surface area contributed by atoms with Gasteiger partial charge in [-0.1, -0.05) is 17.3 Å². The summed E-state index contributed by atoms with van der Waals surface area (Å²) in [5.41, 5.74) is 9.07. The number of aromatic nitrogens is 4. The van der Waals surface area contributed by atoms with E-state index < -0.39 is 0 Å². The number of nitrogens with zero attached hydrogens (tertiary/aromatic N) is 4. The van der Waals surface area contributed by atoms with Crippen LogP contribution in [0, 0.1) is 6.92 Å². The van der Waals surface area contributed by atoms with E-state index in [0.717, 1.165) is 11.1 Å². The quantitative estimate of drug-likeness (QED) is 0.708. The molecule has 3 rings (SSSR count). The zero-order chi connectivity index (χ0) is 13.4. The van der Waals surface area contributed by atoms with Crippen LogP contribution in [0.4, 0.5) is 5.69 Å². The maximum absolute atomic E-state index is 6.02. The molecule has 0 saturated carbocycles. The number of nitrogens with two attached hydrogens (primary N) is 1. The molecule has 19 heavy (non-hydrogen) atoms. The Kier molecular flexibility index (Phi) is 2.56. The highest BCUT2D eigenvalue weighted by molar-refractivity contribution is 5.73. The summed E-state index contributed by atoms with van der Waals surface area (Å²) in [5, 5.41) is 8.16. The molecule has 2 N–H and O–H groups in total. The zero-order valence-corrected chi connectivity index (χ0v) is 10.7. The normalized spacial score (nSPS) is 10.8. The van der Waals surface area contributed by atoms with Crippen molar-refractivity contribution >= 4 is 5.69 Å². The summed E-state index contributed by atoms with van der Waals surface area (Å²) in [4.78, 5) is 4.33. The summed E-state index contributed by atoms with van der Waals surface area (Å²) in [6.45, 7) is 1.94. The minimum atomic E-state index is 0.404. The lowest BCUT2D eigenvalue weighted by atomic mass is 10.1. The third-order valence-electron chi connectivity index (χ3n) is 2.92. The van der Waals surface area contributed by atoms with Crippen LogP contribution < -0.4 is 5.73 Å². The van der Waals surface area contributed by atoms with E-state index in [0.29, 0.717) is 23.1 Å². The van der Waals surface area contributed by atoms with E-state index in [1.165, 1.54) is 0 Å². The van der Waals surface area contributed by atoms with E-state index in [1.807, 2.05) is 44.4 Å². The Balaban J connectivity index is 2.04. The summed E-state index contributed by atoms with van der Waals surface area (Å²) in [7, 11) is 1.84. The number of benzene rings is 1. The topological polar surface area (TPSA) is 82.8 Å². The molecular formula is C13H13N5O. The standard InChI is InChI=1S/C13H13N5O/c1-8-4-3-5-9(11(8)14)13-15-12(17-19-13)10-6-7-18(2)16-10/h3-7H,14H2,1-2H3. The highest BCUT2D eigenvalue weighted by atomic mass is 16.5. The van der Waals surface area contributed by atoms with Crippen LogP contribution in [0.15, 0.2) is 35.0 Å². The molecule has 0 aliphatic rings. The Hall–Kier alpha value is -2.63. The fourth-order valence-corrected chi connectivity index (χ4v) is 1.84. The minimum absolute atomic E-state index is 0.404. The second kappa shape index (κ2) is 4.24. The van der Waals surface area contributed by atoms with Gasteiger partial charge in [-0.25, -0.2) is 0 Å². The number of rotatable bonds is 2. The van der Waals surface area contributed by atoms with Crippen LogP contribution in [0.1, 0.15) is 5.56 Å². The van der Waals surface area contributed by atoms with Gasteiger partial charge in [-0.05, 0) is 24.6 Å². The lowest BCUT2D eigenvalue weighted by Gasteiger charge is -2.02. The van der Waals surface area contributed by atoms with Crippen LogP contribution >= 0.6 is 0 Å². The zero-order valence-electron chi connectivity index (χ0n) is 10.7. The maximum Gasteiger partial charge on any atom is 0.260 e. The molecule has 0 aliphatic heterocycles. The van der Waals surface area contributed by atoms with E-state index in [1.54, 1.807) is 4.68 Å². The van der Waals surface area contributed by atoms with Crippen LogP contribution in [-0.4, -0.2) is 19.9 Å². The molecule has 96 valence electrons. The van der Waals surface area contributed by atoms with Crippen molar-refractivity contribution in [2.45, 2.75) is 6.92 Å². The molecule has 0 fully saturated rings. The SMILES string of the molecule is Cc1cccc(-c2nc(-c3ccn(C)n3)no2)c1N. The molecule has 2 heterocycles. The van der Waals surface area contributed by atoms with E-state index in [4.69, 9.17) is 10.3 Å². The Labute approximate surface area is 109 Å². The van der Waals surface area contributed by atoms with Crippen LogP contribution in [0.2, 0.25) is 0 Å². The minimum Gasteiger partial charge on any atom is -0.398 e. The molecule has 0 atom stereocenters. The van der Waals surface area contributed by atoms with Crippen LogP contribution in [-0.2, 0) is 7.05 Å². The number of hydrogen-bond donors (Lipinski definition) is 1. The molecule has 6 nitrogen and oxygen atoms in total.